The van der Waals surface area contributed by atoms with Crippen LogP contribution in [0.4, 0.5) is 0 Å². The zero-order chi connectivity index (χ0) is 16.8. The summed E-state index contributed by atoms with van der Waals surface area (Å²) in [6.07, 6.45) is 8.33. The average molecular weight is 328 g/mol. The smallest absolute Gasteiger partial charge is 0.118 e. The molecule has 0 spiro atoms. The highest BCUT2D eigenvalue weighted by Gasteiger charge is 2.20. The summed E-state index contributed by atoms with van der Waals surface area (Å²) in [6.45, 7) is 3.00. The van der Waals surface area contributed by atoms with Crippen molar-refractivity contribution in [2.75, 3.05) is 26.7 Å². The van der Waals surface area contributed by atoms with E-state index >= 15 is 0 Å². The Bertz CT molecular complexity index is 658. The number of piperidine rings is 1. The number of ether oxygens (including phenoxy) is 1. The fourth-order valence-electron chi connectivity index (χ4n) is 2.98. The molecule has 0 unspecified atom stereocenters. The van der Waals surface area contributed by atoms with Crippen molar-refractivity contribution in [2.45, 2.75) is 25.5 Å². The third kappa shape index (κ3) is 4.21. The van der Waals surface area contributed by atoms with Crippen LogP contribution in [-0.2, 0) is 6.61 Å². The van der Waals surface area contributed by atoms with Crippen LogP contribution in [0.5, 0.6) is 5.75 Å². The lowest BCUT2D eigenvalue weighted by atomic mass is 10.1. The highest BCUT2D eigenvalue weighted by Crippen LogP contribution is 2.21. The lowest BCUT2D eigenvalue weighted by Gasteiger charge is -2.30. The third-order valence-electron chi connectivity index (χ3n) is 4.44. The minimum absolute atomic E-state index is 0.0466. The second-order valence-corrected chi connectivity index (χ2v) is 6.06. The molecule has 2 heterocycles. The van der Waals surface area contributed by atoms with E-state index in [1.807, 2.05) is 23.0 Å². The van der Waals surface area contributed by atoms with Crippen molar-refractivity contribution in [1.29, 1.82) is 0 Å². The number of aliphatic hydroxyl groups excluding tert-OH is 1. The molecule has 24 heavy (non-hydrogen) atoms. The summed E-state index contributed by atoms with van der Waals surface area (Å²) >= 11 is 0. The Morgan fingerprint density at radius 1 is 1.25 bits per heavy atom. The van der Waals surface area contributed by atoms with Gasteiger partial charge >= 0.3 is 0 Å². The van der Waals surface area contributed by atoms with Crippen LogP contribution >= 0.6 is 0 Å². The van der Waals surface area contributed by atoms with Crippen LogP contribution in [0.2, 0.25) is 0 Å². The van der Waals surface area contributed by atoms with E-state index in [4.69, 9.17) is 9.84 Å². The van der Waals surface area contributed by atoms with Gasteiger partial charge in [-0.05, 0) is 30.5 Å². The van der Waals surface area contributed by atoms with Gasteiger partial charge in [0.05, 0.1) is 26.0 Å². The molecule has 1 aliphatic heterocycles. The van der Waals surface area contributed by atoms with Gasteiger partial charge in [-0.15, -0.1) is 5.10 Å². The first-order valence-electron chi connectivity index (χ1n) is 8.33. The predicted molar refractivity (Wildman–Crippen MR) is 92.7 cm³/mol. The number of aromatic nitrogens is 3. The molecule has 1 fully saturated rings. The van der Waals surface area contributed by atoms with E-state index in [1.54, 1.807) is 7.11 Å². The van der Waals surface area contributed by atoms with Crippen LogP contribution in [0, 0.1) is 0 Å². The van der Waals surface area contributed by atoms with Crippen molar-refractivity contribution in [1.82, 2.24) is 19.9 Å². The van der Waals surface area contributed by atoms with E-state index in [-0.39, 0.29) is 6.61 Å². The van der Waals surface area contributed by atoms with Gasteiger partial charge in [-0.3, -0.25) is 4.90 Å². The maximum atomic E-state index is 9.07. The van der Waals surface area contributed by atoms with Crippen molar-refractivity contribution < 1.29 is 9.84 Å². The lowest BCUT2D eigenvalue weighted by molar-refractivity contribution is 0.194. The van der Waals surface area contributed by atoms with Gasteiger partial charge in [-0.2, -0.15) is 0 Å². The molecule has 1 N–H and O–H groups in total. The second kappa shape index (κ2) is 8.08. The summed E-state index contributed by atoms with van der Waals surface area (Å²) in [7, 11) is 1.68. The van der Waals surface area contributed by atoms with Crippen LogP contribution in [-0.4, -0.2) is 51.7 Å². The SMILES string of the molecule is COc1ccc(/C=C/CN2CCC(n3cc(CO)nn3)CC2)cc1. The fraction of sp³-hybridized carbons (Fsp3) is 0.444. The Morgan fingerprint density at radius 2 is 2.00 bits per heavy atom. The zero-order valence-corrected chi connectivity index (χ0v) is 14.0. The number of benzene rings is 1. The molecule has 1 saturated heterocycles. The van der Waals surface area contributed by atoms with E-state index in [9.17, 15) is 0 Å². The van der Waals surface area contributed by atoms with E-state index < -0.39 is 0 Å². The summed E-state index contributed by atoms with van der Waals surface area (Å²) in [5.41, 5.74) is 1.82. The third-order valence-corrected chi connectivity index (χ3v) is 4.44. The molecule has 1 aromatic heterocycles. The predicted octanol–water partition coefficient (Wildman–Crippen LogP) is 2.13. The number of likely N-dealkylation sites (tertiary alicyclic amines) is 1. The number of aliphatic hydroxyl groups is 1. The Balaban J connectivity index is 1.45. The number of nitrogens with zero attached hydrogens (tertiary/aromatic N) is 4. The second-order valence-electron chi connectivity index (χ2n) is 6.06. The largest absolute Gasteiger partial charge is 0.497 e. The lowest BCUT2D eigenvalue weighted by Crippen LogP contribution is -2.34. The first kappa shape index (κ1) is 16.7. The van der Waals surface area contributed by atoms with Crippen LogP contribution in [0.1, 0.15) is 30.1 Å². The van der Waals surface area contributed by atoms with Gasteiger partial charge in [0, 0.05) is 19.6 Å². The molecule has 6 nitrogen and oxygen atoms in total. The van der Waals surface area contributed by atoms with Crippen LogP contribution in [0.25, 0.3) is 6.08 Å². The normalized spacial score (nSPS) is 16.8. The number of methoxy groups -OCH3 is 1. The van der Waals surface area contributed by atoms with Gasteiger partial charge in [0.15, 0.2) is 0 Å². The number of hydrogen-bond acceptors (Lipinski definition) is 5. The Kier molecular flexibility index (Phi) is 5.61. The van der Waals surface area contributed by atoms with Crippen LogP contribution in [0.15, 0.2) is 36.5 Å². The minimum Gasteiger partial charge on any atom is -0.497 e. The van der Waals surface area contributed by atoms with Gasteiger partial charge in [-0.1, -0.05) is 29.5 Å². The number of hydrogen-bond donors (Lipinski definition) is 1. The van der Waals surface area contributed by atoms with E-state index in [0.717, 1.165) is 38.2 Å². The Hall–Kier alpha value is -2.18. The van der Waals surface area contributed by atoms with Crippen molar-refractivity contribution in [3.8, 4) is 5.75 Å². The van der Waals surface area contributed by atoms with E-state index in [2.05, 4.69) is 39.5 Å². The summed E-state index contributed by atoms with van der Waals surface area (Å²) < 4.78 is 7.07. The molecule has 3 rings (SSSR count). The van der Waals surface area contributed by atoms with E-state index in [0.29, 0.717) is 11.7 Å². The molecule has 6 heteroatoms. The standard InChI is InChI=1S/C18H24N4O2/c1-24-18-6-4-15(5-7-18)3-2-10-21-11-8-17(9-12-21)22-13-16(14-23)19-20-22/h2-7,13,17,23H,8-12,14H2,1H3/b3-2+. The fourth-order valence-corrected chi connectivity index (χ4v) is 2.98. The first-order chi connectivity index (χ1) is 11.8. The Morgan fingerprint density at radius 3 is 2.62 bits per heavy atom. The van der Waals surface area contributed by atoms with Crippen molar-refractivity contribution >= 4 is 6.08 Å². The summed E-state index contributed by atoms with van der Waals surface area (Å²) in [5, 5.41) is 17.1. The van der Waals surface area contributed by atoms with E-state index in [1.165, 1.54) is 5.56 Å². The highest BCUT2D eigenvalue weighted by molar-refractivity contribution is 5.50. The number of rotatable bonds is 6. The van der Waals surface area contributed by atoms with Gasteiger partial charge < -0.3 is 9.84 Å². The van der Waals surface area contributed by atoms with Crippen LogP contribution < -0.4 is 4.74 Å². The molecule has 2 aromatic rings. The van der Waals surface area contributed by atoms with Crippen molar-refractivity contribution in [3.63, 3.8) is 0 Å². The molecule has 1 aliphatic rings. The minimum atomic E-state index is -0.0466. The van der Waals surface area contributed by atoms with Crippen molar-refractivity contribution in [3.05, 3.63) is 47.8 Å². The monoisotopic (exact) mass is 328 g/mol. The van der Waals surface area contributed by atoms with Gasteiger partial charge in [-0.25, -0.2) is 4.68 Å². The molecule has 0 atom stereocenters. The average Bonchev–Trinajstić information content (AvgIpc) is 3.12. The van der Waals surface area contributed by atoms with Gasteiger partial charge in [0.25, 0.3) is 0 Å². The molecule has 1 aromatic carbocycles. The van der Waals surface area contributed by atoms with Gasteiger partial charge in [0.2, 0.25) is 0 Å². The van der Waals surface area contributed by atoms with Crippen molar-refractivity contribution in [2.24, 2.45) is 0 Å². The molecule has 0 amide bonds. The van der Waals surface area contributed by atoms with Crippen LogP contribution in [0.3, 0.4) is 0 Å². The molecule has 128 valence electrons. The summed E-state index contributed by atoms with van der Waals surface area (Å²) in [4.78, 5) is 2.44. The van der Waals surface area contributed by atoms with Gasteiger partial charge in [0.1, 0.15) is 11.4 Å². The quantitative estimate of drug-likeness (QED) is 0.880. The maximum Gasteiger partial charge on any atom is 0.118 e. The zero-order valence-electron chi connectivity index (χ0n) is 14.0. The summed E-state index contributed by atoms with van der Waals surface area (Å²) in [6, 6.07) is 8.46. The Labute approximate surface area is 142 Å². The molecule has 0 radical (unpaired) electrons. The molecule has 0 bridgehead atoms. The molecule has 0 saturated carbocycles. The molecular formula is C18H24N4O2. The molecule has 0 aliphatic carbocycles. The first-order valence-corrected chi connectivity index (χ1v) is 8.33. The highest BCUT2D eigenvalue weighted by atomic mass is 16.5. The summed E-state index contributed by atoms with van der Waals surface area (Å²) in [5.74, 6) is 0.881. The topological polar surface area (TPSA) is 63.4 Å². The maximum absolute atomic E-state index is 9.07. The molecular weight excluding hydrogens is 304 g/mol.